The standard InChI is InChI=1S/C10H11NO/c12-7-8-5-9-3-1-2-4-10(9)11-6-8/h1-4,7-8,11H,5-6H2. The number of para-hydroxylation sites is 1. The quantitative estimate of drug-likeness (QED) is 0.632. The van der Waals surface area contributed by atoms with E-state index in [2.05, 4.69) is 17.4 Å². The molecule has 1 aromatic rings. The van der Waals surface area contributed by atoms with Crippen molar-refractivity contribution in [1.29, 1.82) is 0 Å². The van der Waals surface area contributed by atoms with E-state index in [4.69, 9.17) is 0 Å². The lowest BCUT2D eigenvalue weighted by Crippen LogP contribution is -2.23. The van der Waals surface area contributed by atoms with Gasteiger partial charge in [-0.3, -0.25) is 0 Å². The topological polar surface area (TPSA) is 29.1 Å². The highest BCUT2D eigenvalue weighted by Gasteiger charge is 2.15. The number of carbonyl (C=O) groups is 1. The van der Waals surface area contributed by atoms with Gasteiger partial charge in [0.1, 0.15) is 6.29 Å². The maximum absolute atomic E-state index is 10.5. The van der Waals surface area contributed by atoms with E-state index in [1.165, 1.54) is 11.3 Å². The molecule has 2 nitrogen and oxygen atoms in total. The highest BCUT2D eigenvalue weighted by molar-refractivity contribution is 5.62. The van der Waals surface area contributed by atoms with Crippen molar-refractivity contribution in [3.63, 3.8) is 0 Å². The van der Waals surface area contributed by atoms with Gasteiger partial charge in [-0.05, 0) is 18.1 Å². The summed E-state index contributed by atoms with van der Waals surface area (Å²) in [5.74, 6) is 0.153. The van der Waals surface area contributed by atoms with Crippen molar-refractivity contribution in [3.05, 3.63) is 29.8 Å². The fraction of sp³-hybridized carbons (Fsp3) is 0.300. The first-order chi connectivity index (χ1) is 5.90. The fourth-order valence-electron chi connectivity index (χ4n) is 1.56. The van der Waals surface area contributed by atoms with Crippen LogP contribution in [0.25, 0.3) is 0 Å². The Morgan fingerprint density at radius 3 is 3.08 bits per heavy atom. The molecule has 0 aliphatic carbocycles. The van der Waals surface area contributed by atoms with Gasteiger partial charge in [-0.2, -0.15) is 0 Å². The van der Waals surface area contributed by atoms with E-state index >= 15 is 0 Å². The molecule has 2 heteroatoms. The van der Waals surface area contributed by atoms with Crippen LogP contribution in [-0.2, 0) is 11.2 Å². The van der Waals surface area contributed by atoms with E-state index in [1.54, 1.807) is 0 Å². The molecular formula is C10H11NO. The summed E-state index contributed by atoms with van der Waals surface area (Å²) in [6, 6.07) is 8.13. The molecule has 12 heavy (non-hydrogen) atoms. The van der Waals surface area contributed by atoms with E-state index in [9.17, 15) is 4.79 Å². The zero-order valence-electron chi connectivity index (χ0n) is 6.79. The third-order valence-electron chi connectivity index (χ3n) is 2.25. The average molecular weight is 161 g/mol. The van der Waals surface area contributed by atoms with E-state index in [0.29, 0.717) is 0 Å². The second-order valence-corrected chi connectivity index (χ2v) is 3.14. The molecule has 0 aromatic heterocycles. The van der Waals surface area contributed by atoms with Crippen LogP contribution in [0.2, 0.25) is 0 Å². The van der Waals surface area contributed by atoms with Crippen LogP contribution in [-0.4, -0.2) is 12.8 Å². The SMILES string of the molecule is O=CC1CNc2ccccc2C1. The number of nitrogens with one attached hydrogen (secondary N) is 1. The Morgan fingerprint density at radius 2 is 2.25 bits per heavy atom. The summed E-state index contributed by atoms with van der Waals surface area (Å²) in [6.07, 6.45) is 1.91. The number of anilines is 1. The van der Waals surface area contributed by atoms with Gasteiger partial charge < -0.3 is 10.1 Å². The molecule has 0 spiro atoms. The molecule has 0 saturated carbocycles. The molecule has 1 aromatic carbocycles. The van der Waals surface area contributed by atoms with Crippen molar-refractivity contribution in [1.82, 2.24) is 0 Å². The van der Waals surface area contributed by atoms with Crippen LogP contribution in [0.1, 0.15) is 5.56 Å². The first-order valence-electron chi connectivity index (χ1n) is 4.17. The van der Waals surface area contributed by atoms with Gasteiger partial charge in [0, 0.05) is 18.2 Å². The van der Waals surface area contributed by atoms with Gasteiger partial charge in [0.2, 0.25) is 0 Å². The molecule has 62 valence electrons. The average Bonchev–Trinajstić information content (AvgIpc) is 2.17. The van der Waals surface area contributed by atoms with Gasteiger partial charge in [-0.15, -0.1) is 0 Å². The molecular weight excluding hydrogens is 150 g/mol. The number of carbonyl (C=O) groups excluding carboxylic acids is 1. The number of hydrogen-bond acceptors (Lipinski definition) is 2. The van der Waals surface area contributed by atoms with Crippen molar-refractivity contribution in [2.24, 2.45) is 5.92 Å². The minimum Gasteiger partial charge on any atom is -0.384 e. The Hall–Kier alpha value is -1.31. The summed E-state index contributed by atoms with van der Waals surface area (Å²) in [4.78, 5) is 10.5. The highest BCUT2D eigenvalue weighted by Crippen LogP contribution is 2.22. The number of benzene rings is 1. The lowest BCUT2D eigenvalue weighted by Gasteiger charge is -2.21. The summed E-state index contributed by atoms with van der Waals surface area (Å²) in [5.41, 5.74) is 2.43. The number of hydrogen-bond donors (Lipinski definition) is 1. The Kier molecular flexibility index (Phi) is 1.82. The molecule has 1 atom stereocenters. The molecule has 0 fully saturated rings. The van der Waals surface area contributed by atoms with Crippen molar-refractivity contribution in [2.45, 2.75) is 6.42 Å². The molecule has 0 radical (unpaired) electrons. The van der Waals surface area contributed by atoms with Crippen LogP contribution in [0.4, 0.5) is 5.69 Å². The Bertz CT molecular complexity index is 296. The minimum absolute atomic E-state index is 0.153. The van der Waals surface area contributed by atoms with Gasteiger partial charge >= 0.3 is 0 Å². The molecule has 1 unspecified atom stereocenters. The van der Waals surface area contributed by atoms with Gasteiger partial charge in [0.25, 0.3) is 0 Å². The first kappa shape index (κ1) is 7.35. The predicted molar refractivity (Wildman–Crippen MR) is 48.2 cm³/mol. The van der Waals surface area contributed by atoms with Crippen LogP contribution in [0.5, 0.6) is 0 Å². The predicted octanol–water partition coefficient (Wildman–Crippen LogP) is 1.47. The smallest absolute Gasteiger partial charge is 0.125 e. The van der Waals surface area contributed by atoms with Crippen LogP contribution < -0.4 is 5.32 Å². The summed E-state index contributed by atoms with van der Waals surface area (Å²) < 4.78 is 0. The van der Waals surface area contributed by atoms with Gasteiger partial charge in [0.15, 0.2) is 0 Å². The largest absolute Gasteiger partial charge is 0.384 e. The van der Waals surface area contributed by atoms with Crippen LogP contribution in [0.15, 0.2) is 24.3 Å². The maximum atomic E-state index is 10.5. The summed E-state index contributed by atoms with van der Waals surface area (Å²) in [6.45, 7) is 0.778. The Morgan fingerprint density at radius 1 is 1.42 bits per heavy atom. The molecule has 0 saturated heterocycles. The molecule has 1 heterocycles. The lowest BCUT2D eigenvalue weighted by molar-refractivity contribution is -0.110. The lowest BCUT2D eigenvalue weighted by atomic mass is 9.95. The molecule has 1 N–H and O–H groups in total. The second kappa shape index (κ2) is 2.97. The molecule has 0 bridgehead atoms. The van der Waals surface area contributed by atoms with Crippen molar-refractivity contribution in [3.8, 4) is 0 Å². The van der Waals surface area contributed by atoms with E-state index in [1.807, 2.05) is 12.1 Å². The molecule has 1 aliphatic heterocycles. The molecule has 1 aliphatic rings. The maximum Gasteiger partial charge on any atom is 0.125 e. The number of fused-ring (bicyclic) bond motifs is 1. The third kappa shape index (κ3) is 1.20. The van der Waals surface area contributed by atoms with E-state index in [0.717, 1.165) is 19.3 Å². The van der Waals surface area contributed by atoms with Gasteiger partial charge in [0.05, 0.1) is 0 Å². The zero-order valence-corrected chi connectivity index (χ0v) is 6.79. The van der Waals surface area contributed by atoms with Crippen molar-refractivity contribution >= 4 is 12.0 Å². The molecule has 2 rings (SSSR count). The van der Waals surface area contributed by atoms with Crippen molar-refractivity contribution < 1.29 is 4.79 Å². The minimum atomic E-state index is 0.153. The van der Waals surface area contributed by atoms with Crippen LogP contribution in [0.3, 0.4) is 0 Å². The highest BCUT2D eigenvalue weighted by atomic mass is 16.1. The first-order valence-corrected chi connectivity index (χ1v) is 4.17. The Balaban J connectivity index is 2.28. The second-order valence-electron chi connectivity index (χ2n) is 3.14. The Labute approximate surface area is 71.6 Å². The van der Waals surface area contributed by atoms with Gasteiger partial charge in [-0.1, -0.05) is 18.2 Å². The fourth-order valence-corrected chi connectivity index (χ4v) is 1.56. The van der Waals surface area contributed by atoms with Crippen LogP contribution >= 0.6 is 0 Å². The molecule has 0 amide bonds. The summed E-state index contributed by atoms with van der Waals surface area (Å²) in [7, 11) is 0. The number of aldehydes is 1. The zero-order chi connectivity index (χ0) is 8.39. The van der Waals surface area contributed by atoms with Crippen molar-refractivity contribution in [2.75, 3.05) is 11.9 Å². The summed E-state index contributed by atoms with van der Waals surface area (Å²) >= 11 is 0. The van der Waals surface area contributed by atoms with E-state index < -0.39 is 0 Å². The van der Waals surface area contributed by atoms with E-state index in [-0.39, 0.29) is 5.92 Å². The monoisotopic (exact) mass is 161 g/mol. The van der Waals surface area contributed by atoms with Gasteiger partial charge in [-0.25, -0.2) is 0 Å². The number of rotatable bonds is 1. The van der Waals surface area contributed by atoms with Crippen LogP contribution in [0, 0.1) is 5.92 Å². The normalized spacial score (nSPS) is 20.8. The third-order valence-corrected chi connectivity index (χ3v) is 2.25. The summed E-state index contributed by atoms with van der Waals surface area (Å²) in [5, 5.41) is 3.23.